The highest BCUT2D eigenvalue weighted by atomic mass is 16.1. The van der Waals surface area contributed by atoms with Gasteiger partial charge in [0, 0.05) is 44.0 Å². The van der Waals surface area contributed by atoms with Crippen LogP contribution in [0.1, 0.15) is 101 Å². The predicted octanol–water partition coefficient (Wildman–Crippen LogP) is 9.82. The fourth-order valence-electron chi connectivity index (χ4n) is 4.87. The van der Waals surface area contributed by atoms with E-state index in [1.54, 1.807) is 41.1 Å². The number of carbonyl (C=O) groups excluding carboxylic acids is 4. The normalized spacial score (nSPS) is 16.4. The fourth-order valence-corrected chi connectivity index (χ4v) is 4.87. The van der Waals surface area contributed by atoms with Crippen LogP contribution in [0.5, 0.6) is 0 Å². The summed E-state index contributed by atoms with van der Waals surface area (Å²) >= 11 is 0. The zero-order chi connectivity index (χ0) is 37.8. The number of Topliss-reactive ketones (excluding diaryl/α,β-unsaturated/α-hetero) is 1. The van der Waals surface area contributed by atoms with Crippen molar-refractivity contribution < 1.29 is 19.2 Å². The third-order valence-corrected chi connectivity index (χ3v) is 8.07. The minimum atomic E-state index is 0.0671. The zero-order valence-electron chi connectivity index (χ0n) is 31.9. The summed E-state index contributed by atoms with van der Waals surface area (Å²) in [6.07, 6.45) is 26.7. The van der Waals surface area contributed by atoms with Crippen molar-refractivity contribution >= 4 is 23.1 Å². The second-order valence-electron chi connectivity index (χ2n) is 14.0. The maximum Gasteiger partial charge on any atom is 0.250 e. The molecule has 0 atom stereocenters. The highest BCUT2D eigenvalue weighted by Gasteiger charge is 2.13. The summed E-state index contributed by atoms with van der Waals surface area (Å²) in [5.41, 5.74) is 4.70. The Morgan fingerprint density at radius 2 is 1.26 bits per heavy atom. The molecule has 1 aromatic rings. The molecule has 1 aromatic heterocycles. The number of nitrogens with zero attached hydrogens (tertiary/aromatic N) is 1. The molecule has 0 saturated heterocycles. The van der Waals surface area contributed by atoms with Gasteiger partial charge in [-0.05, 0) is 78.5 Å². The molecule has 0 unspecified atom stereocenters. The molecule has 4 aliphatic carbocycles. The summed E-state index contributed by atoms with van der Waals surface area (Å²) < 4.78 is 1.69. The Hall–Kier alpha value is -4.45. The van der Waals surface area contributed by atoms with Crippen molar-refractivity contribution in [2.75, 3.05) is 0 Å². The van der Waals surface area contributed by atoms with Gasteiger partial charge < -0.3 is 4.57 Å². The van der Waals surface area contributed by atoms with Crippen LogP contribution in [0.3, 0.4) is 0 Å². The molecular weight excluding hydrogens is 622 g/mol. The van der Waals surface area contributed by atoms with Gasteiger partial charge in [0.1, 0.15) is 0 Å². The maximum absolute atomic E-state index is 11.1. The van der Waals surface area contributed by atoms with Gasteiger partial charge >= 0.3 is 0 Å². The monoisotopic (exact) mass is 681 g/mol. The lowest BCUT2D eigenvalue weighted by Crippen LogP contribution is -2.19. The van der Waals surface area contributed by atoms with Crippen molar-refractivity contribution in [2.45, 2.75) is 101 Å². The largest absolute Gasteiger partial charge is 0.313 e. The van der Waals surface area contributed by atoms with Crippen molar-refractivity contribution in [3.63, 3.8) is 0 Å². The summed E-state index contributed by atoms with van der Waals surface area (Å²) in [7, 11) is 0. The molecule has 0 radical (unpaired) electrons. The Labute approximate surface area is 300 Å². The first-order valence-corrected chi connectivity index (χ1v) is 17.8. The first kappa shape index (κ1) is 43.6. The van der Waals surface area contributed by atoms with E-state index in [1.807, 2.05) is 88.4 Å². The summed E-state index contributed by atoms with van der Waals surface area (Å²) in [6.45, 7) is 20.7. The van der Waals surface area contributed by atoms with Crippen molar-refractivity contribution in [1.82, 2.24) is 4.57 Å². The molecule has 0 bridgehead atoms. The van der Waals surface area contributed by atoms with Gasteiger partial charge in [0.2, 0.25) is 0 Å². The molecule has 0 saturated carbocycles. The quantitative estimate of drug-likeness (QED) is 0.309. The van der Waals surface area contributed by atoms with E-state index in [4.69, 9.17) is 0 Å². The topological polar surface area (TPSA) is 90.3 Å². The molecule has 1 heterocycles. The molecule has 0 amide bonds. The second kappa shape index (κ2) is 23.0. The van der Waals surface area contributed by atoms with E-state index in [2.05, 4.69) is 41.5 Å². The zero-order valence-corrected chi connectivity index (χ0v) is 31.9. The molecule has 0 aliphatic heterocycles. The van der Waals surface area contributed by atoms with Crippen LogP contribution in [-0.4, -0.2) is 27.7 Å². The number of hydrogen-bond acceptors (Lipinski definition) is 5. The Morgan fingerprint density at radius 3 is 1.66 bits per heavy atom. The van der Waals surface area contributed by atoms with Gasteiger partial charge in [0.05, 0.1) is 0 Å². The first-order chi connectivity index (χ1) is 23.5. The van der Waals surface area contributed by atoms with Crippen LogP contribution in [0.15, 0.2) is 124 Å². The number of aromatic nitrogens is 1. The lowest BCUT2D eigenvalue weighted by molar-refractivity contribution is -0.115. The van der Waals surface area contributed by atoms with E-state index in [0.29, 0.717) is 49.4 Å². The Bertz CT molecular complexity index is 1610. The smallest absolute Gasteiger partial charge is 0.250 e. The minimum Gasteiger partial charge on any atom is -0.313 e. The van der Waals surface area contributed by atoms with Crippen molar-refractivity contribution in [1.29, 1.82) is 0 Å². The Morgan fingerprint density at radius 1 is 0.580 bits per heavy atom. The average Bonchev–Trinajstić information content (AvgIpc) is 3.06. The van der Waals surface area contributed by atoms with Crippen LogP contribution < -0.4 is 5.56 Å². The summed E-state index contributed by atoms with van der Waals surface area (Å²) in [5, 5.41) is 0. The van der Waals surface area contributed by atoms with Gasteiger partial charge in [0.15, 0.2) is 23.1 Å². The van der Waals surface area contributed by atoms with E-state index in [-0.39, 0.29) is 34.7 Å². The van der Waals surface area contributed by atoms with Crippen LogP contribution >= 0.6 is 0 Å². The van der Waals surface area contributed by atoms with Crippen molar-refractivity contribution in [2.24, 2.45) is 23.7 Å². The van der Waals surface area contributed by atoms with E-state index >= 15 is 0 Å². The van der Waals surface area contributed by atoms with Gasteiger partial charge in [-0.3, -0.25) is 24.0 Å². The van der Waals surface area contributed by atoms with Gasteiger partial charge in [-0.25, -0.2) is 0 Å². The van der Waals surface area contributed by atoms with Crippen molar-refractivity contribution in [3.05, 3.63) is 130 Å². The maximum atomic E-state index is 11.1. The van der Waals surface area contributed by atoms with Crippen LogP contribution in [-0.2, 0) is 19.2 Å². The third kappa shape index (κ3) is 17.3. The SMILES string of the molecule is CC(C)C1=CC(=O)CC=C1.CC(C)C1=CC=CC(=O)C1.CC(C)C1=CC=CCC1=O.CC(C)C1=CCC(=O)C=C1.CC(C)n1ccccc1=O. The van der Waals surface area contributed by atoms with Crippen LogP contribution in [0.2, 0.25) is 0 Å². The third-order valence-electron chi connectivity index (χ3n) is 8.07. The molecule has 6 heteroatoms. The number of ketones is 4. The molecule has 4 aliphatic rings. The van der Waals surface area contributed by atoms with Gasteiger partial charge in [-0.1, -0.05) is 122 Å². The lowest BCUT2D eigenvalue weighted by Gasteiger charge is -2.10. The summed E-state index contributed by atoms with van der Waals surface area (Å²) in [6, 6.07) is 5.44. The van der Waals surface area contributed by atoms with Crippen molar-refractivity contribution in [3.8, 4) is 0 Å². The number of rotatable bonds is 5. The highest BCUT2D eigenvalue weighted by Crippen LogP contribution is 2.18. The van der Waals surface area contributed by atoms with Crippen LogP contribution in [0.25, 0.3) is 0 Å². The van der Waals surface area contributed by atoms with E-state index in [0.717, 1.165) is 11.1 Å². The van der Waals surface area contributed by atoms with E-state index < -0.39 is 0 Å². The number of pyridine rings is 1. The molecular formula is C44H59NO5. The number of hydrogen-bond donors (Lipinski definition) is 0. The molecule has 0 aromatic carbocycles. The molecule has 270 valence electrons. The predicted molar refractivity (Wildman–Crippen MR) is 208 cm³/mol. The number of allylic oxidation sites excluding steroid dienone is 16. The van der Waals surface area contributed by atoms with Crippen LogP contribution in [0, 0.1) is 23.7 Å². The van der Waals surface area contributed by atoms with E-state index in [1.165, 1.54) is 11.1 Å². The highest BCUT2D eigenvalue weighted by molar-refractivity contribution is 5.98. The molecule has 50 heavy (non-hydrogen) atoms. The summed E-state index contributed by atoms with van der Waals surface area (Å²) in [5.74, 6) is 2.84. The Balaban J connectivity index is 0.000000312. The Kier molecular flexibility index (Phi) is 20.1. The molecule has 0 fully saturated rings. The van der Waals surface area contributed by atoms with Gasteiger partial charge in [-0.15, -0.1) is 0 Å². The standard InChI is InChI=1S/4C9H12O.C8H11NO/c1-7(2)8-3-5-9(10)6-4-8;2*1-7(2)8-4-3-5-9(10)6-8;1-7(2)8-5-3-4-6-9(8)10;1-7(2)9-6-4-3-5-8(9)10/h3-5,7H,6H2,1-2H3;3-4,6-7H,5H2,1-2H3;2*3-5,7H,6H2,1-2H3;3-7H,1-2H3. The molecule has 0 spiro atoms. The molecule has 0 N–H and O–H groups in total. The van der Waals surface area contributed by atoms with Crippen LogP contribution in [0.4, 0.5) is 0 Å². The molecule has 5 rings (SSSR count). The minimum absolute atomic E-state index is 0.0671. The lowest BCUT2D eigenvalue weighted by atomic mass is 9.94. The second-order valence-corrected chi connectivity index (χ2v) is 14.0. The van der Waals surface area contributed by atoms with Gasteiger partial charge in [-0.2, -0.15) is 0 Å². The summed E-state index contributed by atoms with van der Waals surface area (Å²) in [4.78, 5) is 54.5. The first-order valence-electron chi connectivity index (χ1n) is 17.8. The van der Waals surface area contributed by atoms with Gasteiger partial charge in [0.25, 0.3) is 5.56 Å². The van der Waals surface area contributed by atoms with E-state index in [9.17, 15) is 24.0 Å². The number of carbonyl (C=O) groups is 4. The fraction of sp³-hybridized carbons (Fsp3) is 0.432. The average molecular weight is 682 g/mol. The molecule has 6 nitrogen and oxygen atoms in total.